The zero-order valence-corrected chi connectivity index (χ0v) is 16.5. The van der Waals surface area contributed by atoms with Crippen molar-refractivity contribution in [2.75, 3.05) is 13.4 Å². The molecule has 2 aliphatic heterocycles. The van der Waals surface area contributed by atoms with Crippen LogP contribution in [0.4, 0.5) is 0 Å². The van der Waals surface area contributed by atoms with Crippen LogP contribution in [0, 0.1) is 0 Å². The lowest BCUT2D eigenvalue weighted by molar-refractivity contribution is -0.231. The Balaban J connectivity index is 1.49. The van der Waals surface area contributed by atoms with Crippen molar-refractivity contribution in [2.45, 2.75) is 56.2 Å². The lowest BCUT2D eigenvalue weighted by atomic mass is 9.87. The van der Waals surface area contributed by atoms with Gasteiger partial charge in [0.25, 0.3) is 0 Å². The van der Waals surface area contributed by atoms with Gasteiger partial charge in [0, 0.05) is 0 Å². The predicted molar refractivity (Wildman–Crippen MR) is 107 cm³/mol. The third kappa shape index (κ3) is 3.36. The summed E-state index contributed by atoms with van der Waals surface area (Å²) in [6, 6.07) is 9.97. The third-order valence-corrected chi connectivity index (χ3v) is 6.38. The van der Waals surface area contributed by atoms with Gasteiger partial charge in [-0.15, -0.1) is 0 Å². The summed E-state index contributed by atoms with van der Waals surface area (Å²) in [5, 5.41) is 40.4. The van der Waals surface area contributed by atoms with Crippen LogP contribution >= 0.6 is 0 Å². The van der Waals surface area contributed by atoms with E-state index in [1.165, 1.54) is 11.1 Å². The molecule has 1 saturated heterocycles. The Morgan fingerprint density at radius 3 is 2.57 bits per heavy atom. The predicted octanol–water partition coefficient (Wildman–Crippen LogP) is 1.01. The summed E-state index contributed by atoms with van der Waals surface area (Å²) >= 11 is 0. The molecule has 1 fully saturated rings. The van der Waals surface area contributed by atoms with E-state index in [1.807, 2.05) is 30.3 Å². The monoisotopic (exact) mass is 414 g/mol. The van der Waals surface area contributed by atoms with Crippen molar-refractivity contribution in [1.29, 1.82) is 0 Å². The van der Waals surface area contributed by atoms with Gasteiger partial charge in [-0.3, -0.25) is 0 Å². The standard InChI is InChI=1S/C23H26O7/c24-10-19-20(25)21(26)22(27)23(30-19)15-8-13-2-1-3-16(13)14(9-15)6-12-4-5-17-18(7-12)29-11-28-17/h4-5,7-9,19-27H,1-3,6,10-11H2/t19-,20-,21+,22-,23+/m1/s1. The van der Waals surface area contributed by atoms with Gasteiger partial charge in [-0.05, 0) is 65.6 Å². The van der Waals surface area contributed by atoms with Crippen molar-refractivity contribution in [3.63, 3.8) is 0 Å². The lowest BCUT2D eigenvalue weighted by Crippen LogP contribution is -2.55. The van der Waals surface area contributed by atoms with E-state index < -0.39 is 37.1 Å². The highest BCUT2D eigenvalue weighted by Gasteiger charge is 2.44. The summed E-state index contributed by atoms with van der Waals surface area (Å²) in [7, 11) is 0. The van der Waals surface area contributed by atoms with Gasteiger partial charge >= 0.3 is 0 Å². The first-order valence-corrected chi connectivity index (χ1v) is 10.4. The maximum Gasteiger partial charge on any atom is 0.231 e. The summed E-state index contributed by atoms with van der Waals surface area (Å²) in [6.45, 7) is -0.197. The Hall–Kier alpha value is -2.16. The largest absolute Gasteiger partial charge is 0.454 e. The van der Waals surface area contributed by atoms with E-state index in [2.05, 4.69) is 0 Å². The van der Waals surface area contributed by atoms with Gasteiger partial charge in [-0.25, -0.2) is 0 Å². The van der Waals surface area contributed by atoms with Crippen molar-refractivity contribution in [2.24, 2.45) is 0 Å². The van der Waals surface area contributed by atoms with Gasteiger partial charge in [0.15, 0.2) is 11.5 Å². The van der Waals surface area contributed by atoms with Crippen LogP contribution in [-0.4, -0.2) is 58.2 Å². The number of hydrogen-bond acceptors (Lipinski definition) is 7. The number of aryl methyl sites for hydroxylation is 1. The second-order valence-electron chi connectivity index (χ2n) is 8.29. The van der Waals surface area contributed by atoms with Gasteiger partial charge in [0.2, 0.25) is 6.79 Å². The molecule has 0 unspecified atom stereocenters. The molecule has 5 rings (SSSR count). The average molecular weight is 414 g/mol. The molecule has 30 heavy (non-hydrogen) atoms. The zero-order valence-electron chi connectivity index (χ0n) is 16.5. The van der Waals surface area contributed by atoms with Crippen molar-refractivity contribution in [3.05, 3.63) is 58.1 Å². The molecule has 0 spiro atoms. The number of hydrogen-bond donors (Lipinski definition) is 4. The molecule has 7 heteroatoms. The summed E-state index contributed by atoms with van der Waals surface area (Å²) in [6.07, 6.45) is -2.03. The molecule has 0 bridgehead atoms. The van der Waals surface area contributed by atoms with E-state index >= 15 is 0 Å². The molecule has 3 aliphatic rings. The SMILES string of the molecule is OC[C@H]1O[C@@H](c2cc3c(c(Cc4ccc5c(c4)OCO5)c2)CCC3)[C@H](O)[C@@H](O)[C@@H]1O. The van der Waals surface area contributed by atoms with Crippen LogP contribution in [0.2, 0.25) is 0 Å². The van der Waals surface area contributed by atoms with E-state index in [0.717, 1.165) is 47.5 Å². The number of benzene rings is 2. The molecule has 2 aromatic rings. The Labute approximate surface area is 174 Å². The molecule has 7 nitrogen and oxygen atoms in total. The maximum absolute atomic E-state index is 10.6. The highest BCUT2D eigenvalue weighted by Crippen LogP contribution is 2.38. The minimum absolute atomic E-state index is 0.237. The van der Waals surface area contributed by atoms with Crippen LogP contribution in [-0.2, 0) is 24.0 Å². The van der Waals surface area contributed by atoms with E-state index in [0.29, 0.717) is 6.42 Å². The number of rotatable bonds is 4. The Morgan fingerprint density at radius 2 is 1.73 bits per heavy atom. The second kappa shape index (κ2) is 7.83. The summed E-state index contributed by atoms with van der Waals surface area (Å²) < 4.78 is 16.7. The smallest absolute Gasteiger partial charge is 0.231 e. The van der Waals surface area contributed by atoms with E-state index in [4.69, 9.17) is 14.2 Å². The Kier molecular flexibility index (Phi) is 5.16. The number of aliphatic hydroxyl groups excluding tert-OH is 4. The highest BCUT2D eigenvalue weighted by molar-refractivity contribution is 5.49. The molecule has 0 amide bonds. The van der Waals surface area contributed by atoms with Crippen LogP contribution < -0.4 is 9.47 Å². The van der Waals surface area contributed by atoms with Crippen LogP contribution in [0.3, 0.4) is 0 Å². The van der Waals surface area contributed by atoms with E-state index in [9.17, 15) is 20.4 Å². The lowest BCUT2D eigenvalue weighted by Gasteiger charge is -2.40. The van der Waals surface area contributed by atoms with Crippen LogP contribution in [0.5, 0.6) is 11.5 Å². The molecular weight excluding hydrogens is 388 g/mol. The first kappa shape index (κ1) is 19.8. The molecule has 4 N–H and O–H groups in total. The van der Waals surface area contributed by atoms with E-state index in [-0.39, 0.29) is 6.79 Å². The van der Waals surface area contributed by atoms with Crippen molar-refractivity contribution < 1.29 is 34.6 Å². The molecule has 0 aromatic heterocycles. The quantitative estimate of drug-likeness (QED) is 0.591. The van der Waals surface area contributed by atoms with Gasteiger partial charge < -0.3 is 34.6 Å². The summed E-state index contributed by atoms with van der Waals surface area (Å²) in [5.74, 6) is 1.49. The minimum Gasteiger partial charge on any atom is -0.454 e. The first-order chi connectivity index (χ1) is 14.5. The molecule has 0 radical (unpaired) electrons. The van der Waals surface area contributed by atoms with Gasteiger partial charge in [-0.1, -0.05) is 18.2 Å². The number of ether oxygens (including phenoxy) is 3. The van der Waals surface area contributed by atoms with Crippen molar-refractivity contribution in [1.82, 2.24) is 0 Å². The molecule has 1 aliphatic carbocycles. The molecule has 0 saturated carbocycles. The van der Waals surface area contributed by atoms with Gasteiger partial charge in [-0.2, -0.15) is 0 Å². The molecule has 2 heterocycles. The fourth-order valence-electron chi connectivity index (χ4n) is 4.79. The fraction of sp³-hybridized carbons (Fsp3) is 0.478. The zero-order chi connectivity index (χ0) is 20.8. The summed E-state index contributed by atoms with van der Waals surface area (Å²) in [5.41, 5.74) is 5.54. The number of fused-ring (bicyclic) bond motifs is 2. The molecule has 2 aromatic carbocycles. The van der Waals surface area contributed by atoms with Crippen molar-refractivity contribution in [3.8, 4) is 11.5 Å². The molecule has 5 atom stereocenters. The van der Waals surface area contributed by atoms with Crippen LogP contribution in [0.15, 0.2) is 30.3 Å². The van der Waals surface area contributed by atoms with Crippen molar-refractivity contribution >= 4 is 0 Å². The Bertz CT molecular complexity index is 941. The first-order valence-electron chi connectivity index (χ1n) is 10.4. The molecular formula is C23H26O7. The van der Waals surface area contributed by atoms with Gasteiger partial charge in [0.1, 0.15) is 30.5 Å². The highest BCUT2D eigenvalue weighted by atomic mass is 16.7. The second-order valence-corrected chi connectivity index (χ2v) is 8.29. The fourth-order valence-corrected chi connectivity index (χ4v) is 4.79. The minimum atomic E-state index is -1.38. The third-order valence-electron chi connectivity index (χ3n) is 6.38. The van der Waals surface area contributed by atoms with Crippen LogP contribution in [0.1, 0.15) is 40.3 Å². The normalized spacial score (nSPS) is 29.8. The van der Waals surface area contributed by atoms with Gasteiger partial charge in [0.05, 0.1) is 6.61 Å². The van der Waals surface area contributed by atoms with Crippen LogP contribution in [0.25, 0.3) is 0 Å². The number of aliphatic hydroxyl groups is 4. The Morgan fingerprint density at radius 1 is 0.900 bits per heavy atom. The topological polar surface area (TPSA) is 109 Å². The average Bonchev–Trinajstić information content (AvgIpc) is 3.41. The van der Waals surface area contributed by atoms with E-state index in [1.54, 1.807) is 0 Å². The summed E-state index contributed by atoms with van der Waals surface area (Å²) in [4.78, 5) is 0. The molecule has 160 valence electrons. The maximum atomic E-state index is 10.6.